The largest absolute Gasteiger partial charge is 0.369 e. The van der Waals surface area contributed by atoms with E-state index in [2.05, 4.69) is 30.3 Å². The molecule has 2 nitrogen and oxygen atoms in total. The van der Waals surface area contributed by atoms with E-state index in [9.17, 15) is 4.79 Å². The zero-order valence-corrected chi connectivity index (χ0v) is 12.9. The van der Waals surface area contributed by atoms with Crippen molar-refractivity contribution in [2.45, 2.75) is 51.2 Å². The third kappa shape index (κ3) is 2.56. The summed E-state index contributed by atoms with van der Waals surface area (Å²) >= 11 is 0. The van der Waals surface area contributed by atoms with Crippen molar-refractivity contribution in [1.29, 1.82) is 0 Å². The van der Waals surface area contributed by atoms with Gasteiger partial charge in [0.05, 0.1) is 12.7 Å². The van der Waals surface area contributed by atoms with Gasteiger partial charge in [-0.05, 0) is 60.3 Å². The first-order valence-corrected chi connectivity index (χ1v) is 8.43. The van der Waals surface area contributed by atoms with E-state index in [1.54, 1.807) is 0 Å². The second-order valence-corrected chi connectivity index (χ2v) is 6.69. The molecule has 0 heterocycles. The molecule has 3 aliphatic rings. The lowest BCUT2D eigenvalue weighted by atomic mass is 9.95. The maximum atomic E-state index is 12.4. The van der Waals surface area contributed by atoms with Crippen LogP contribution in [-0.2, 0) is 16.1 Å². The molecule has 3 aliphatic carbocycles. The average Bonchev–Trinajstić information content (AvgIpc) is 3.12. The first-order valence-electron chi connectivity index (χ1n) is 8.43. The molecule has 2 heteroatoms. The van der Waals surface area contributed by atoms with Crippen molar-refractivity contribution in [3.8, 4) is 0 Å². The Morgan fingerprint density at radius 3 is 2.82 bits per heavy atom. The van der Waals surface area contributed by atoms with Gasteiger partial charge >= 0.3 is 0 Å². The SMILES string of the molecule is O=C1CC2CCC(OCc3ccccc3)C2=CC2=C1CCC2. The number of Topliss-reactive ketones (excluding diaryl/α,β-unsaturated/α-hetero) is 1. The summed E-state index contributed by atoms with van der Waals surface area (Å²) in [6.45, 7) is 0.662. The number of ketones is 1. The normalized spacial score (nSPS) is 27.5. The summed E-state index contributed by atoms with van der Waals surface area (Å²) in [5, 5.41) is 0. The van der Waals surface area contributed by atoms with Crippen molar-refractivity contribution < 1.29 is 9.53 Å². The molecular formula is C20H22O2. The van der Waals surface area contributed by atoms with E-state index in [1.807, 2.05) is 6.07 Å². The van der Waals surface area contributed by atoms with Crippen LogP contribution in [0.4, 0.5) is 0 Å². The molecule has 1 saturated carbocycles. The number of carbonyl (C=O) groups excluding carboxylic acids is 1. The van der Waals surface area contributed by atoms with E-state index in [1.165, 1.54) is 16.7 Å². The van der Waals surface area contributed by atoms with Gasteiger partial charge in [-0.1, -0.05) is 36.4 Å². The minimum atomic E-state index is 0.199. The Balaban J connectivity index is 1.52. The predicted octanol–water partition coefficient (Wildman–Crippen LogP) is 4.36. The average molecular weight is 294 g/mol. The van der Waals surface area contributed by atoms with Gasteiger partial charge < -0.3 is 4.74 Å². The third-order valence-corrected chi connectivity index (χ3v) is 5.28. The van der Waals surface area contributed by atoms with E-state index in [0.29, 0.717) is 24.7 Å². The van der Waals surface area contributed by atoms with Gasteiger partial charge in [-0.3, -0.25) is 4.79 Å². The summed E-state index contributed by atoms with van der Waals surface area (Å²) in [4.78, 5) is 12.4. The lowest BCUT2D eigenvalue weighted by molar-refractivity contribution is -0.116. The molecule has 2 unspecified atom stereocenters. The monoisotopic (exact) mass is 294 g/mol. The Morgan fingerprint density at radius 2 is 1.95 bits per heavy atom. The first-order chi connectivity index (χ1) is 10.8. The molecule has 0 bridgehead atoms. The maximum Gasteiger partial charge on any atom is 0.159 e. The quantitative estimate of drug-likeness (QED) is 0.828. The minimum absolute atomic E-state index is 0.199. The number of ether oxygens (including phenoxy) is 1. The van der Waals surface area contributed by atoms with Gasteiger partial charge in [0.25, 0.3) is 0 Å². The molecule has 0 amide bonds. The van der Waals surface area contributed by atoms with Crippen LogP contribution in [0.15, 0.2) is 53.1 Å². The minimum Gasteiger partial charge on any atom is -0.369 e. The Morgan fingerprint density at radius 1 is 1.09 bits per heavy atom. The Labute approximate surface area is 131 Å². The lowest BCUT2D eigenvalue weighted by Gasteiger charge is -2.16. The first kappa shape index (κ1) is 14.0. The molecular weight excluding hydrogens is 272 g/mol. The number of fused-ring (bicyclic) bond motifs is 1. The smallest absolute Gasteiger partial charge is 0.159 e. The fourth-order valence-electron chi connectivity index (χ4n) is 4.12. The van der Waals surface area contributed by atoms with Crippen LogP contribution in [0.25, 0.3) is 0 Å². The topological polar surface area (TPSA) is 26.3 Å². The van der Waals surface area contributed by atoms with Crippen LogP contribution in [0.3, 0.4) is 0 Å². The van der Waals surface area contributed by atoms with Crippen molar-refractivity contribution in [2.75, 3.05) is 0 Å². The number of carbonyl (C=O) groups is 1. The van der Waals surface area contributed by atoms with E-state index in [-0.39, 0.29) is 6.10 Å². The Hall–Kier alpha value is -1.67. The fourth-order valence-corrected chi connectivity index (χ4v) is 4.12. The molecule has 0 radical (unpaired) electrons. The summed E-state index contributed by atoms with van der Waals surface area (Å²) in [7, 11) is 0. The van der Waals surface area contributed by atoms with Crippen LogP contribution in [0.5, 0.6) is 0 Å². The highest BCUT2D eigenvalue weighted by atomic mass is 16.5. The van der Waals surface area contributed by atoms with E-state index >= 15 is 0 Å². The molecule has 0 N–H and O–H groups in total. The second kappa shape index (κ2) is 5.85. The van der Waals surface area contributed by atoms with Crippen molar-refractivity contribution in [2.24, 2.45) is 5.92 Å². The van der Waals surface area contributed by atoms with Crippen molar-refractivity contribution in [3.63, 3.8) is 0 Å². The molecule has 1 fully saturated rings. The van der Waals surface area contributed by atoms with Gasteiger partial charge in [-0.15, -0.1) is 0 Å². The number of rotatable bonds is 3. The summed E-state index contributed by atoms with van der Waals surface area (Å²) in [5.74, 6) is 0.811. The molecule has 1 aromatic carbocycles. The van der Waals surface area contributed by atoms with Gasteiger partial charge in [-0.25, -0.2) is 0 Å². The highest BCUT2D eigenvalue weighted by Crippen LogP contribution is 2.43. The summed E-state index contributed by atoms with van der Waals surface area (Å²) in [6.07, 6.45) is 8.57. The lowest BCUT2D eigenvalue weighted by Crippen LogP contribution is -2.14. The van der Waals surface area contributed by atoms with Gasteiger partial charge in [0.15, 0.2) is 5.78 Å². The van der Waals surface area contributed by atoms with E-state index in [4.69, 9.17) is 4.74 Å². The van der Waals surface area contributed by atoms with Gasteiger partial charge in [0, 0.05) is 6.42 Å². The van der Waals surface area contributed by atoms with Crippen LogP contribution in [0, 0.1) is 5.92 Å². The van der Waals surface area contributed by atoms with Crippen LogP contribution < -0.4 is 0 Å². The zero-order valence-electron chi connectivity index (χ0n) is 12.9. The highest BCUT2D eigenvalue weighted by molar-refractivity contribution is 5.98. The van der Waals surface area contributed by atoms with Gasteiger partial charge in [-0.2, -0.15) is 0 Å². The van der Waals surface area contributed by atoms with Crippen molar-refractivity contribution >= 4 is 5.78 Å². The number of hydrogen-bond donors (Lipinski definition) is 0. The van der Waals surface area contributed by atoms with Crippen molar-refractivity contribution in [1.82, 2.24) is 0 Å². The van der Waals surface area contributed by atoms with Crippen LogP contribution >= 0.6 is 0 Å². The van der Waals surface area contributed by atoms with Crippen molar-refractivity contribution in [3.05, 3.63) is 58.7 Å². The van der Waals surface area contributed by atoms with Gasteiger partial charge in [0.1, 0.15) is 0 Å². The Kier molecular flexibility index (Phi) is 3.71. The molecule has 0 aliphatic heterocycles. The predicted molar refractivity (Wildman–Crippen MR) is 86.3 cm³/mol. The maximum absolute atomic E-state index is 12.4. The third-order valence-electron chi connectivity index (χ3n) is 5.28. The highest BCUT2D eigenvalue weighted by Gasteiger charge is 2.36. The standard InChI is InChI=1S/C20H22O2/c21-19-12-16-9-10-20(22-13-14-5-2-1-3-6-14)18(16)11-15-7-4-8-17(15)19/h1-3,5-6,11,16,20H,4,7-10,12-13H2. The molecule has 2 atom stereocenters. The summed E-state index contributed by atoms with van der Waals surface area (Å²) in [5.41, 5.74) is 5.02. The molecule has 1 aromatic rings. The zero-order chi connectivity index (χ0) is 14.9. The number of allylic oxidation sites excluding steroid dienone is 3. The van der Waals surface area contributed by atoms with E-state index < -0.39 is 0 Å². The van der Waals surface area contributed by atoms with Crippen LogP contribution in [0.2, 0.25) is 0 Å². The molecule has 0 aromatic heterocycles. The number of benzene rings is 1. The second-order valence-electron chi connectivity index (χ2n) is 6.69. The van der Waals surface area contributed by atoms with Crippen LogP contribution in [0.1, 0.15) is 44.1 Å². The number of hydrogen-bond acceptors (Lipinski definition) is 2. The molecule has 0 saturated heterocycles. The molecule has 114 valence electrons. The summed E-state index contributed by atoms with van der Waals surface area (Å²) in [6, 6.07) is 10.3. The van der Waals surface area contributed by atoms with E-state index in [0.717, 1.165) is 37.7 Å². The molecule has 0 spiro atoms. The fraction of sp³-hybridized carbons (Fsp3) is 0.450. The van der Waals surface area contributed by atoms with Crippen LogP contribution in [-0.4, -0.2) is 11.9 Å². The molecule has 22 heavy (non-hydrogen) atoms. The molecule has 4 rings (SSSR count). The van der Waals surface area contributed by atoms with Gasteiger partial charge in [0.2, 0.25) is 0 Å². The Bertz CT molecular complexity index is 639. The summed E-state index contributed by atoms with van der Waals surface area (Å²) < 4.78 is 6.20.